The Morgan fingerprint density at radius 1 is 1.27 bits per heavy atom. The molecular formula is C12H24NO2+. The number of carbonyl (C=O) groups is 1. The molecule has 0 saturated heterocycles. The van der Waals surface area contributed by atoms with Crippen LogP contribution >= 0.6 is 0 Å². The van der Waals surface area contributed by atoms with Crippen LogP contribution in [0.5, 0.6) is 0 Å². The van der Waals surface area contributed by atoms with E-state index in [2.05, 4.69) is 28.1 Å². The lowest BCUT2D eigenvalue weighted by molar-refractivity contribution is -0.870. The SMILES string of the molecule is CCCC=CCC(=O)OCC[N+](C)(C)C. The Bertz CT molecular complexity index is 204. The molecule has 0 aromatic carbocycles. The van der Waals surface area contributed by atoms with E-state index in [1.165, 1.54) is 0 Å². The number of nitrogens with zero attached hydrogens (tertiary/aromatic N) is 1. The molecule has 3 nitrogen and oxygen atoms in total. The quantitative estimate of drug-likeness (QED) is 0.368. The van der Waals surface area contributed by atoms with Crippen LogP contribution in [0.4, 0.5) is 0 Å². The van der Waals surface area contributed by atoms with Crippen molar-refractivity contribution < 1.29 is 14.0 Å². The van der Waals surface area contributed by atoms with Crippen LogP contribution in [-0.4, -0.2) is 44.7 Å². The maximum atomic E-state index is 11.2. The number of allylic oxidation sites excluding steroid dienone is 1. The zero-order valence-corrected chi connectivity index (χ0v) is 10.5. The number of quaternary nitrogens is 1. The van der Waals surface area contributed by atoms with Gasteiger partial charge in [-0.25, -0.2) is 0 Å². The van der Waals surface area contributed by atoms with E-state index in [4.69, 9.17) is 4.74 Å². The Labute approximate surface area is 93.3 Å². The molecule has 0 unspecified atom stereocenters. The highest BCUT2D eigenvalue weighted by Crippen LogP contribution is 1.95. The van der Waals surface area contributed by atoms with Crippen molar-refractivity contribution in [1.29, 1.82) is 0 Å². The molecule has 88 valence electrons. The third-order valence-corrected chi connectivity index (χ3v) is 1.93. The van der Waals surface area contributed by atoms with Crippen LogP contribution in [0.2, 0.25) is 0 Å². The number of unbranched alkanes of at least 4 members (excludes halogenated alkanes) is 1. The number of rotatable bonds is 7. The van der Waals surface area contributed by atoms with Gasteiger partial charge in [-0.2, -0.15) is 0 Å². The summed E-state index contributed by atoms with van der Waals surface area (Å²) in [6, 6.07) is 0. The summed E-state index contributed by atoms with van der Waals surface area (Å²) in [7, 11) is 6.24. The Balaban J connectivity index is 3.50. The first-order chi connectivity index (χ1) is 6.95. The van der Waals surface area contributed by atoms with E-state index in [1.54, 1.807) is 0 Å². The first-order valence-corrected chi connectivity index (χ1v) is 5.57. The number of esters is 1. The molecule has 0 atom stereocenters. The van der Waals surface area contributed by atoms with Gasteiger partial charge in [0, 0.05) is 0 Å². The third-order valence-electron chi connectivity index (χ3n) is 1.93. The summed E-state index contributed by atoms with van der Waals surface area (Å²) >= 11 is 0. The number of ether oxygens (including phenoxy) is 1. The van der Waals surface area contributed by atoms with E-state index in [0.29, 0.717) is 13.0 Å². The first-order valence-electron chi connectivity index (χ1n) is 5.57. The number of hydrogen-bond donors (Lipinski definition) is 0. The van der Waals surface area contributed by atoms with E-state index in [0.717, 1.165) is 23.9 Å². The fraction of sp³-hybridized carbons (Fsp3) is 0.750. The number of likely N-dealkylation sites (N-methyl/N-ethyl adjacent to an activating group) is 1. The Hall–Kier alpha value is -0.830. The number of hydrogen-bond acceptors (Lipinski definition) is 2. The molecule has 0 rings (SSSR count). The van der Waals surface area contributed by atoms with Crippen molar-refractivity contribution in [2.24, 2.45) is 0 Å². The summed E-state index contributed by atoms with van der Waals surface area (Å²) < 4.78 is 5.91. The van der Waals surface area contributed by atoms with Gasteiger partial charge in [0.05, 0.1) is 27.6 Å². The second kappa shape index (κ2) is 7.46. The van der Waals surface area contributed by atoms with Gasteiger partial charge in [-0.3, -0.25) is 4.79 Å². The van der Waals surface area contributed by atoms with Gasteiger partial charge in [0.15, 0.2) is 0 Å². The highest BCUT2D eigenvalue weighted by Gasteiger charge is 2.08. The maximum absolute atomic E-state index is 11.2. The van der Waals surface area contributed by atoms with Gasteiger partial charge in [-0.1, -0.05) is 25.5 Å². The summed E-state index contributed by atoms with van der Waals surface area (Å²) in [5, 5.41) is 0. The lowest BCUT2D eigenvalue weighted by Crippen LogP contribution is -2.37. The topological polar surface area (TPSA) is 26.3 Å². The van der Waals surface area contributed by atoms with Gasteiger partial charge in [-0.15, -0.1) is 0 Å². The van der Waals surface area contributed by atoms with E-state index < -0.39 is 0 Å². The second-order valence-electron chi connectivity index (χ2n) is 4.70. The van der Waals surface area contributed by atoms with Crippen LogP contribution in [0.25, 0.3) is 0 Å². The summed E-state index contributed by atoms with van der Waals surface area (Å²) in [5.74, 6) is -0.129. The summed E-state index contributed by atoms with van der Waals surface area (Å²) in [4.78, 5) is 11.2. The van der Waals surface area contributed by atoms with Gasteiger partial charge in [0.2, 0.25) is 0 Å². The van der Waals surface area contributed by atoms with Crippen molar-refractivity contribution in [1.82, 2.24) is 0 Å². The van der Waals surface area contributed by atoms with Crippen molar-refractivity contribution in [3.63, 3.8) is 0 Å². The molecule has 0 aliphatic rings. The van der Waals surface area contributed by atoms with Crippen LogP contribution in [-0.2, 0) is 9.53 Å². The summed E-state index contributed by atoms with van der Waals surface area (Å²) in [6.45, 7) is 3.47. The molecule has 3 heteroatoms. The predicted molar refractivity (Wildman–Crippen MR) is 62.5 cm³/mol. The van der Waals surface area contributed by atoms with Crippen molar-refractivity contribution in [2.75, 3.05) is 34.3 Å². The minimum Gasteiger partial charge on any atom is -0.459 e. The lowest BCUT2D eigenvalue weighted by atomic mass is 10.3. The van der Waals surface area contributed by atoms with Gasteiger partial charge in [-0.05, 0) is 6.42 Å². The van der Waals surface area contributed by atoms with Crippen molar-refractivity contribution in [3.05, 3.63) is 12.2 Å². The smallest absolute Gasteiger partial charge is 0.309 e. The first kappa shape index (κ1) is 14.2. The second-order valence-corrected chi connectivity index (χ2v) is 4.70. The molecule has 0 aromatic rings. The molecule has 0 N–H and O–H groups in total. The molecule has 0 radical (unpaired) electrons. The molecule has 15 heavy (non-hydrogen) atoms. The van der Waals surface area contributed by atoms with E-state index >= 15 is 0 Å². The van der Waals surface area contributed by atoms with Crippen molar-refractivity contribution in [2.45, 2.75) is 26.2 Å². The van der Waals surface area contributed by atoms with E-state index in [9.17, 15) is 4.79 Å². The Morgan fingerprint density at radius 3 is 2.47 bits per heavy atom. The molecule has 0 aromatic heterocycles. The fourth-order valence-corrected chi connectivity index (χ4v) is 0.956. The molecule has 0 saturated carbocycles. The largest absolute Gasteiger partial charge is 0.459 e. The molecule has 0 bridgehead atoms. The zero-order chi connectivity index (χ0) is 11.7. The molecule has 0 fully saturated rings. The molecular weight excluding hydrogens is 190 g/mol. The van der Waals surface area contributed by atoms with Crippen LogP contribution in [0.1, 0.15) is 26.2 Å². The predicted octanol–water partition coefficient (Wildman–Crippen LogP) is 1.98. The minimum atomic E-state index is -0.129. The van der Waals surface area contributed by atoms with Gasteiger partial charge in [0.25, 0.3) is 0 Å². The van der Waals surface area contributed by atoms with E-state index in [1.807, 2.05) is 12.2 Å². The zero-order valence-electron chi connectivity index (χ0n) is 10.5. The molecule has 0 aliphatic heterocycles. The van der Waals surface area contributed by atoms with E-state index in [-0.39, 0.29) is 5.97 Å². The normalized spacial score (nSPS) is 12.0. The average Bonchev–Trinajstić information content (AvgIpc) is 2.10. The number of carbonyl (C=O) groups excluding carboxylic acids is 1. The van der Waals surface area contributed by atoms with Gasteiger partial charge in [0.1, 0.15) is 13.2 Å². The third kappa shape index (κ3) is 11.1. The monoisotopic (exact) mass is 214 g/mol. The molecule has 0 aliphatic carbocycles. The van der Waals surface area contributed by atoms with Crippen LogP contribution in [0.3, 0.4) is 0 Å². The summed E-state index contributed by atoms with van der Waals surface area (Å²) in [5.41, 5.74) is 0. The maximum Gasteiger partial charge on any atom is 0.309 e. The fourth-order valence-electron chi connectivity index (χ4n) is 0.956. The Morgan fingerprint density at radius 2 is 1.93 bits per heavy atom. The van der Waals surface area contributed by atoms with Crippen LogP contribution < -0.4 is 0 Å². The highest BCUT2D eigenvalue weighted by atomic mass is 16.5. The lowest BCUT2D eigenvalue weighted by Gasteiger charge is -2.23. The van der Waals surface area contributed by atoms with Crippen LogP contribution in [0.15, 0.2) is 12.2 Å². The Kier molecular flexibility index (Phi) is 7.05. The van der Waals surface area contributed by atoms with Gasteiger partial charge >= 0.3 is 5.97 Å². The molecule has 0 spiro atoms. The molecule has 0 amide bonds. The molecule has 0 heterocycles. The highest BCUT2D eigenvalue weighted by molar-refractivity contribution is 5.71. The van der Waals surface area contributed by atoms with Crippen LogP contribution in [0, 0.1) is 0 Å². The average molecular weight is 214 g/mol. The van der Waals surface area contributed by atoms with Crippen molar-refractivity contribution in [3.8, 4) is 0 Å². The minimum absolute atomic E-state index is 0.129. The van der Waals surface area contributed by atoms with Crippen molar-refractivity contribution >= 4 is 5.97 Å². The standard InChI is InChI=1S/C12H24NO2/c1-5-6-7-8-9-12(14)15-11-10-13(2,3)4/h7-8H,5-6,9-11H2,1-4H3/q+1. The van der Waals surface area contributed by atoms with Gasteiger partial charge < -0.3 is 9.22 Å². The summed E-state index contributed by atoms with van der Waals surface area (Å²) in [6.07, 6.45) is 6.47.